The standard InChI is InChI=1S/C20H16Cl2FN3O2S/c1-11-15(9-18(27)25-14-5-6-17(23)16(22)8-14)19(28)26-20(24-11)29-10-12-3-2-4-13(21)7-12/h2-8H,9-10H2,1H3,(H,25,27)(H,24,26,28). The number of nitrogens with one attached hydrogen (secondary N) is 2. The Hall–Kier alpha value is -2.35. The minimum atomic E-state index is -0.577. The van der Waals surface area contributed by atoms with Crippen LogP contribution in [0.1, 0.15) is 16.8 Å². The third-order valence-corrected chi connectivity index (χ3v) is 5.48. The van der Waals surface area contributed by atoms with Gasteiger partial charge in [-0.05, 0) is 42.8 Å². The fraction of sp³-hybridized carbons (Fsp3) is 0.150. The van der Waals surface area contributed by atoms with Gasteiger partial charge in [0.05, 0.1) is 11.4 Å². The van der Waals surface area contributed by atoms with Crippen molar-refractivity contribution in [1.29, 1.82) is 0 Å². The number of rotatable bonds is 6. The Morgan fingerprint density at radius 1 is 1.24 bits per heavy atom. The number of hydrogen-bond donors (Lipinski definition) is 2. The highest BCUT2D eigenvalue weighted by molar-refractivity contribution is 7.98. The molecule has 0 aliphatic rings. The Morgan fingerprint density at radius 2 is 2.03 bits per heavy atom. The maximum Gasteiger partial charge on any atom is 0.255 e. The quantitative estimate of drug-likeness (QED) is 0.408. The summed E-state index contributed by atoms with van der Waals surface area (Å²) < 4.78 is 13.2. The van der Waals surface area contributed by atoms with E-state index in [0.717, 1.165) is 11.6 Å². The number of halogens is 3. The number of thioether (sulfide) groups is 1. The molecule has 0 saturated heterocycles. The Balaban J connectivity index is 1.67. The van der Waals surface area contributed by atoms with E-state index in [2.05, 4.69) is 15.3 Å². The lowest BCUT2D eigenvalue weighted by molar-refractivity contribution is -0.115. The minimum absolute atomic E-state index is 0.0976. The number of anilines is 1. The molecule has 29 heavy (non-hydrogen) atoms. The molecule has 0 spiro atoms. The molecule has 5 nitrogen and oxygen atoms in total. The van der Waals surface area contributed by atoms with Crippen molar-refractivity contribution >= 4 is 46.6 Å². The fourth-order valence-electron chi connectivity index (χ4n) is 2.58. The summed E-state index contributed by atoms with van der Waals surface area (Å²) in [7, 11) is 0. The molecule has 1 amide bonds. The number of carbonyl (C=O) groups is 1. The molecule has 0 unspecified atom stereocenters. The zero-order chi connectivity index (χ0) is 21.0. The van der Waals surface area contributed by atoms with Gasteiger partial charge >= 0.3 is 0 Å². The van der Waals surface area contributed by atoms with Gasteiger partial charge < -0.3 is 10.3 Å². The summed E-state index contributed by atoms with van der Waals surface area (Å²) in [5.41, 5.74) is 1.71. The van der Waals surface area contributed by atoms with Crippen molar-refractivity contribution in [3.05, 3.63) is 85.5 Å². The molecular weight excluding hydrogens is 436 g/mol. The van der Waals surface area contributed by atoms with Gasteiger partial charge in [-0.25, -0.2) is 9.37 Å². The molecule has 0 aliphatic heterocycles. The number of amides is 1. The van der Waals surface area contributed by atoms with Gasteiger partial charge in [0.15, 0.2) is 5.16 Å². The predicted molar refractivity (Wildman–Crippen MR) is 114 cm³/mol. The second-order valence-electron chi connectivity index (χ2n) is 6.21. The Morgan fingerprint density at radius 3 is 2.72 bits per heavy atom. The number of carbonyl (C=O) groups excluding carboxylic acids is 1. The number of aryl methyl sites for hydroxylation is 1. The van der Waals surface area contributed by atoms with Crippen molar-refractivity contribution in [1.82, 2.24) is 9.97 Å². The lowest BCUT2D eigenvalue weighted by Gasteiger charge is -2.09. The summed E-state index contributed by atoms with van der Waals surface area (Å²) in [5, 5.41) is 3.60. The molecule has 150 valence electrons. The summed E-state index contributed by atoms with van der Waals surface area (Å²) in [4.78, 5) is 31.8. The molecule has 0 aliphatic carbocycles. The highest BCUT2D eigenvalue weighted by Gasteiger charge is 2.14. The second kappa shape index (κ2) is 9.43. The van der Waals surface area contributed by atoms with Gasteiger partial charge in [0, 0.05) is 27.7 Å². The van der Waals surface area contributed by atoms with Gasteiger partial charge in [-0.2, -0.15) is 0 Å². The van der Waals surface area contributed by atoms with E-state index in [1.807, 2.05) is 18.2 Å². The van der Waals surface area contributed by atoms with Crippen molar-refractivity contribution in [3.8, 4) is 0 Å². The number of benzene rings is 2. The summed E-state index contributed by atoms with van der Waals surface area (Å²) in [6.45, 7) is 1.68. The van der Waals surface area contributed by atoms with Crippen molar-refractivity contribution in [2.45, 2.75) is 24.3 Å². The van der Waals surface area contributed by atoms with Crippen LogP contribution in [-0.2, 0) is 17.0 Å². The van der Waals surface area contributed by atoms with Crippen LogP contribution in [0.2, 0.25) is 10.0 Å². The monoisotopic (exact) mass is 451 g/mol. The zero-order valence-corrected chi connectivity index (χ0v) is 17.6. The Kier molecular flexibility index (Phi) is 6.95. The van der Waals surface area contributed by atoms with Crippen LogP contribution in [0, 0.1) is 12.7 Å². The highest BCUT2D eigenvalue weighted by atomic mass is 35.5. The summed E-state index contributed by atoms with van der Waals surface area (Å²) in [6.07, 6.45) is -0.164. The van der Waals surface area contributed by atoms with E-state index >= 15 is 0 Å². The van der Waals surface area contributed by atoms with Crippen molar-refractivity contribution in [2.24, 2.45) is 0 Å². The first-order valence-corrected chi connectivity index (χ1v) is 10.3. The van der Waals surface area contributed by atoms with Crippen LogP contribution in [0.4, 0.5) is 10.1 Å². The third kappa shape index (κ3) is 5.82. The van der Waals surface area contributed by atoms with Crippen LogP contribution in [-0.4, -0.2) is 15.9 Å². The fourth-order valence-corrected chi connectivity index (χ4v) is 3.82. The number of H-pyrrole nitrogens is 1. The molecule has 0 bridgehead atoms. The molecule has 9 heteroatoms. The molecule has 0 atom stereocenters. The lowest BCUT2D eigenvalue weighted by atomic mass is 10.1. The molecule has 0 fully saturated rings. The van der Waals surface area contributed by atoms with E-state index in [1.165, 1.54) is 23.9 Å². The van der Waals surface area contributed by atoms with Gasteiger partial charge in [-0.15, -0.1) is 0 Å². The molecule has 0 saturated carbocycles. The van der Waals surface area contributed by atoms with Gasteiger partial charge in [-0.3, -0.25) is 9.59 Å². The number of hydrogen-bond acceptors (Lipinski definition) is 4. The van der Waals surface area contributed by atoms with E-state index in [1.54, 1.807) is 13.0 Å². The molecule has 2 N–H and O–H groups in total. The minimum Gasteiger partial charge on any atom is -0.326 e. The molecule has 1 heterocycles. The maximum atomic E-state index is 13.2. The van der Waals surface area contributed by atoms with Crippen LogP contribution in [0.5, 0.6) is 0 Å². The Labute approximate surface area is 180 Å². The van der Waals surface area contributed by atoms with Gasteiger partial charge in [0.1, 0.15) is 5.82 Å². The number of aromatic amines is 1. The van der Waals surface area contributed by atoms with E-state index in [9.17, 15) is 14.0 Å². The maximum absolute atomic E-state index is 13.2. The van der Waals surface area contributed by atoms with Crippen molar-refractivity contribution in [2.75, 3.05) is 5.32 Å². The first kappa shape index (κ1) is 21.4. The summed E-state index contributed by atoms with van der Waals surface area (Å²) in [5.74, 6) is -0.414. The second-order valence-corrected chi connectivity index (χ2v) is 8.02. The first-order chi connectivity index (χ1) is 13.8. The van der Waals surface area contributed by atoms with Crippen LogP contribution >= 0.6 is 35.0 Å². The zero-order valence-electron chi connectivity index (χ0n) is 15.3. The van der Waals surface area contributed by atoms with E-state index in [0.29, 0.717) is 27.3 Å². The lowest BCUT2D eigenvalue weighted by Crippen LogP contribution is -2.23. The molecule has 3 aromatic rings. The van der Waals surface area contributed by atoms with Gasteiger partial charge in [0.25, 0.3) is 5.56 Å². The Bertz CT molecular complexity index is 1120. The molecule has 3 rings (SSSR count). The third-order valence-electron chi connectivity index (χ3n) is 4.01. The predicted octanol–water partition coefficient (Wildman–Crippen LogP) is 5.00. The topological polar surface area (TPSA) is 74.8 Å². The highest BCUT2D eigenvalue weighted by Crippen LogP contribution is 2.22. The summed E-state index contributed by atoms with van der Waals surface area (Å²) >= 11 is 13.0. The van der Waals surface area contributed by atoms with Crippen LogP contribution in [0.3, 0.4) is 0 Å². The number of aromatic nitrogens is 2. The SMILES string of the molecule is Cc1nc(SCc2cccc(Cl)c2)[nH]c(=O)c1CC(=O)Nc1ccc(F)c(Cl)c1. The normalized spacial score (nSPS) is 10.8. The van der Waals surface area contributed by atoms with Crippen LogP contribution in [0.15, 0.2) is 52.4 Å². The first-order valence-electron chi connectivity index (χ1n) is 8.54. The van der Waals surface area contributed by atoms with E-state index in [4.69, 9.17) is 23.2 Å². The van der Waals surface area contributed by atoms with Crippen molar-refractivity contribution in [3.63, 3.8) is 0 Å². The average molecular weight is 452 g/mol. The molecular formula is C20H16Cl2FN3O2S. The van der Waals surface area contributed by atoms with Crippen molar-refractivity contribution < 1.29 is 9.18 Å². The largest absolute Gasteiger partial charge is 0.326 e. The molecule has 1 aromatic heterocycles. The average Bonchev–Trinajstić information content (AvgIpc) is 2.66. The molecule has 0 radical (unpaired) electrons. The van der Waals surface area contributed by atoms with Crippen LogP contribution < -0.4 is 10.9 Å². The smallest absolute Gasteiger partial charge is 0.255 e. The van der Waals surface area contributed by atoms with Crippen LogP contribution in [0.25, 0.3) is 0 Å². The van der Waals surface area contributed by atoms with E-state index in [-0.39, 0.29) is 22.6 Å². The van der Waals surface area contributed by atoms with E-state index < -0.39 is 11.7 Å². The molecule has 2 aromatic carbocycles. The summed E-state index contributed by atoms with van der Waals surface area (Å²) in [6, 6.07) is 11.3. The number of nitrogens with zero attached hydrogens (tertiary/aromatic N) is 1. The van der Waals surface area contributed by atoms with Gasteiger partial charge in [-0.1, -0.05) is 47.1 Å². The van der Waals surface area contributed by atoms with Gasteiger partial charge in [0.2, 0.25) is 5.91 Å².